The zero-order valence-corrected chi connectivity index (χ0v) is 9.80. The van der Waals surface area contributed by atoms with Crippen molar-refractivity contribution in [2.24, 2.45) is 5.73 Å². The molecule has 0 amide bonds. The Bertz CT molecular complexity index is 502. The molecule has 1 heterocycles. The number of rotatable bonds is 6. The van der Waals surface area contributed by atoms with Crippen LogP contribution in [0.3, 0.4) is 0 Å². The van der Waals surface area contributed by atoms with Crippen molar-refractivity contribution < 1.29 is 13.5 Å². The first-order valence-corrected chi connectivity index (χ1v) is 5.68. The third kappa shape index (κ3) is 3.27. The number of nitrogens with zero attached hydrogens (tertiary/aromatic N) is 2. The normalized spacial score (nSPS) is 10.6. The highest BCUT2D eigenvalue weighted by atomic mass is 19.1. The van der Waals surface area contributed by atoms with Crippen LogP contribution in [0.4, 0.5) is 4.39 Å². The Morgan fingerprint density at radius 2 is 2.00 bits per heavy atom. The summed E-state index contributed by atoms with van der Waals surface area (Å²) in [6.07, 6.45) is 1.43. The molecule has 1 aromatic heterocycles. The maximum absolute atomic E-state index is 13.3. The van der Waals surface area contributed by atoms with Gasteiger partial charge in [0.25, 0.3) is 5.89 Å². The molecule has 0 spiro atoms. The monoisotopic (exact) mass is 251 g/mol. The van der Waals surface area contributed by atoms with Crippen molar-refractivity contribution in [2.45, 2.75) is 19.4 Å². The summed E-state index contributed by atoms with van der Waals surface area (Å²) in [5.41, 5.74) is 5.38. The predicted molar refractivity (Wildman–Crippen MR) is 62.4 cm³/mol. The van der Waals surface area contributed by atoms with Crippen molar-refractivity contribution >= 4 is 0 Å². The quantitative estimate of drug-likeness (QED) is 0.845. The molecule has 0 bridgehead atoms. The Kier molecular flexibility index (Phi) is 4.25. The molecule has 0 fully saturated rings. The molecule has 5 nitrogen and oxygen atoms in total. The van der Waals surface area contributed by atoms with Gasteiger partial charge in [0.15, 0.2) is 18.2 Å². The molecule has 96 valence electrons. The van der Waals surface area contributed by atoms with Gasteiger partial charge in [0.05, 0.1) is 0 Å². The van der Waals surface area contributed by atoms with Gasteiger partial charge in [-0.25, -0.2) is 4.39 Å². The van der Waals surface area contributed by atoms with Crippen LogP contribution >= 0.6 is 0 Å². The van der Waals surface area contributed by atoms with E-state index in [2.05, 4.69) is 10.2 Å². The molecule has 0 saturated carbocycles. The van der Waals surface area contributed by atoms with E-state index in [1.165, 1.54) is 6.07 Å². The Morgan fingerprint density at radius 1 is 1.22 bits per heavy atom. The molecule has 0 atom stereocenters. The summed E-state index contributed by atoms with van der Waals surface area (Å²) in [5, 5.41) is 7.65. The van der Waals surface area contributed by atoms with Crippen LogP contribution in [0, 0.1) is 5.82 Å². The number of halogens is 1. The van der Waals surface area contributed by atoms with E-state index in [0.29, 0.717) is 24.7 Å². The largest absolute Gasteiger partial charge is 0.481 e. The van der Waals surface area contributed by atoms with Crippen LogP contribution < -0.4 is 10.5 Å². The van der Waals surface area contributed by atoms with Gasteiger partial charge in [0.1, 0.15) is 0 Å². The maximum atomic E-state index is 13.3. The Hall–Kier alpha value is -1.95. The second-order valence-electron chi connectivity index (χ2n) is 3.70. The highest BCUT2D eigenvalue weighted by Gasteiger charge is 2.08. The lowest BCUT2D eigenvalue weighted by Crippen LogP contribution is -2.00. The smallest absolute Gasteiger partial charge is 0.253 e. The van der Waals surface area contributed by atoms with Gasteiger partial charge in [-0.1, -0.05) is 12.1 Å². The first-order valence-electron chi connectivity index (χ1n) is 5.68. The van der Waals surface area contributed by atoms with Crippen molar-refractivity contribution in [1.82, 2.24) is 10.2 Å². The fraction of sp³-hybridized carbons (Fsp3) is 0.333. The summed E-state index contributed by atoms with van der Waals surface area (Å²) in [6.45, 7) is 0.625. The molecule has 0 aliphatic rings. The van der Waals surface area contributed by atoms with Crippen molar-refractivity contribution in [1.29, 1.82) is 0 Å². The molecule has 18 heavy (non-hydrogen) atoms. The van der Waals surface area contributed by atoms with Crippen molar-refractivity contribution in [3.8, 4) is 5.75 Å². The molecular formula is C12H14FN3O2. The minimum Gasteiger partial charge on any atom is -0.481 e. The second-order valence-corrected chi connectivity index (χ2v) is 3.70. The Labute approximate surface area is 104 Å². The molecule has 0 saturated heterocycles. The third-order valence-electron chi connectivity index (χ3n) is 2.29. The zero-order chi connectivity index (χ0) is 12.8. The molecule has 1 aromatic carbocycles. The van der Waals surface area contributed by atoms with Gasteiger partial charge in [0.2, 0.25) is 5.89 Å². The van der Waals surface area contributed by atoms with Crippen LogP contribution in [0.2, 0.25) is 0 Å². The van der Waals surface area contributed by atoms with E-state index in [4.69, 9.17) is 14.9 Å². The summed E-state index contributed by atoms with van der Waals surface area (Å²) in [6, 6.07) is 6.16. The molecule has 0 unspecified atom stereocenters. The summed E-state index contributed by atoms with van der Waals surface area (Å²) < 4.78 is 23.8. The van der Waals surface area contributed by atoms with Gasteiger partial charge >= 0.3 is 0 Å². The summed E-state index contributed by atoms with van der Waals surface area (Å²) in [5.74, 6) is 0.595. The number of aromatic nitrogens is 2. The fourth-order valence-electron chi connectivity index (χ4n) is 1.40. The van der Waals surface area contributed by atoms with E-state index < -0.39 is 5.82 Å². The highest BCUT2D eigenvalue weighted by molar-refractivity contribution is 5.23. The lowest BCUT2D eigenvalue weighted by Gasteiger charge is -2.03. The average Bonchev–Trinajstić information content (AvgIpc) is 2.83. The molecule has 0 aliphatic carbocycles. The lowest BCUT2D eigenvalue weighted by molar-refractivity contribution is 0.248. The number of aryl methyl sites for hydroxylation is 1. The SMILES string of the molecule is NCCCc1nnc(COc2ccccc2F)o1. The second kappa shape index (κ2) is 6.11. The molecule has 0 radical (unpaired) electrons. The number of ether oxygens (including phenoxy) is 1. The number of hydrogen-bond acceptors (Lipinski definition) is 5. The zero-order valence-electron chi connectivity index (χ0n) is 9.80. The molecule has 6 heteroatoms. The van der Waals surface area contributed by atoms with Gasteiger partial charge < -0.3 is 14.9 Å². The van der Waals surface area contributed by atoms with Gasteiger partial charge in [-0.05, 0) is 25.1 Å². The van der Waals surface area contributed by atoms with Crippen LogP contribution in [0.5, 0.6) is 5.75 Å². The number of nitrogens with two attached hydrogens (primary N) is 1. The minimum absolute atomic E-state index is 0.0521. The van der Waals surface area contributed by atoms with E-state index in [1.54, 1.807) is 18.2 Å². The first-order chi connectivity index (χ1) is 8.79. The van der Waals surface area contributed by atoms with Crippen LogP contribution in [-0.4, -0.2) is 16.7 Å². The van der Waals surface area contributed by atoms with E-state index in [9.17, 15) is 4.39 Å². The molecule has 0 aliphatic heterocycles. The molecule has 2 N–H and O–H groups in total. The Morgan fingerprint density at radius 3 is 2.78 bits per heavy atom. The van der Waals surface area contributed by atoms with E-state index >= 15 is 0 Å². The van der Waals surface area contributed by atoms with Gasteiger partial charge in [-0.2, -0.15) is 0 Å². The van der Waals surface area contributed by atoms with Crippen LogP contribution in [0.25, 0.3) is 0 Å². The number of benzene rings is 1. The van der Waals surface area contributed by atoms with Crippen molar-refractivity contribution in [3.63, 3.8) is 0 Å². The van der Waals surface area contributed by atoms with Crippen LogP contribution in [0.15, 0.2) is 28.7 Å². The van der Waals surface area contributed by atoms with Crippen LogP contribution in [-0.2, 0) is 13.0 Å². The summed E-state index contributed by atoms with van der Waals surface area (Å²) in [4.78, 5) is 0. The van der Waals surface area contributed by atoms with Gasteiger partial charge in [-0.15, -0.1) is 10.2 Å². The number of para-hydroxylation sites is 1. The third-order valence-corrected chi connectivity index (χ3v) is 2.29. The van der Waals surface area contributed by atoms with Crippen LogP contribution in [0.1, 0.15) is 18.2 Å². The molecular weight excluding hydrogens is 237 g/mol. The Balaban J connectivity index is 1.90. The van der Waals surface area contributed by atoms with E-state index in [1.807, 2.05) is 0 Å². The first kappa shape index (κ1) is 12.5. The van der Waals surface area contributed by atoms with Crippen molar-refractivity contribution in [2.75, 3.05) is 6.54 Å². The topological polar surface area (TPSA) is 74.2 Å². The van der Waals surface area contributed by atoms with Crippen molar-refractivity contribution in [3.05, 3.63) is 41.9 Å². The minimum atomic E-state index is -0.416. The standard InChI is InChI=1S/C12H14FN3O2/c13-9-4-1-2-5-10(9)17-8-12-16-15-11(18-12)6-3-7-14/h1-2,4-5H,3,6-8,14H2. The van der Waals surface area contributed by atoms with Gasteiger partial charge in [-0.3, -0.25) is 0 Å². The molecule has 2 rings (SSSR count). The lowest BCUT2D eigenvalue weighted by atomic mass is 10.3. The van der Waals surface area contributed by atoms with E-state index in [-0.39, 0.29) is 12.4 Å². The molecule has 2 aromatic rings. The summed E-state index contributed by atoms with van der Waals surface area (Å²) >= 11 is 0. The van der Waals surface area contributed by atoms with Gasteiger partial charge in [0, 0.05) is 6.42 Å². The maximum Gasteiger partial charge on any atom is 0.253 e. The average molecular weight is 251 g/mol. The predicted octanol–water partition coefficient (Wildman–Crippen LogP) is 1.68. The fourth-order valence-corrected chi connectivity index (χ4v) is 1.40. The van der Waals surface area contributed by atoms with E-state index in [0.717, 1.165) is 6.42 Å². The number of hydrogen-bond donors (Lipinski definition) is 1. The summed E-state index contributed by atoms with van der Waals surface area (Å²) in [7, 11) is 0. The highest BCUT2D eigenvalue weighted by Crippen LogP contribution is 2.16.